The molecule has 1 nitrogen and oxygen atoms in total. The van der Waals surface area contributed by atoms with Crippen molar-refractivity contribution in [3.05, 3.63) is 0 Å². The van der Waals surface area contributed by atoms with Gasteiger partial charge in [0.15, 0.2) is 0 Å². The topological polar surface area (TPSA) is 12.0 Å². The Morgan fingerprint density at radius 3 is 2.57 bits per heavy atom. The fourth-order valence-corrected chi connectivity index (χ4v) is 2.33. The largest absolute Gasteiger partial charge is 0.311 e. The number of hydrogen-bond donors (Lipinski definition) is 1. The summed E-state index contributed by atoms with van der Waals surface area (Å²) in [5.74, 6) is 1.93. The van der Waals surface area contributed by atoms with Gasteiger partial charge in [-0.05, 0) is 24.7 Å². The van der Waals surface area contributed by atoms with Crippen LogP contribution in [0.5, 0.6) is 0 Å². The summed E-state index contributed by atoms with van der Waals surface area (Å²) in [4.78, 5) is 0. The third-order valence-corrected chi connectivity index (χ3v) is 3.23. The molecule has 1 saturated carbocycles. The maximum absolute atomic E-state index is 3.63. The Morgan fingerprint density at radius 1 is 1.29 bits per heavy atom. The zero-order valence-corrected chi connectivity index (χ0v) is 10.3. The van der Waals surface area contributed by atoms with Crippen LogP contribution in [0.2, 0.25) is 0 Å². The molecule has 0 heterocycles. The third-order valence-electron chi connectivity index (χ3n) is 3.23. The fourth-order valence-electron chi connectivity index (χ4n) is 2.33. The smallest absolute Gasteiger partial charge is 0.0102 e. The second kappa shape index (κ2) is 5.75. The van der Waals surface area contributed by atoms with E-state index in [2.05, 4.69) is 33.0 Å². The van der Waals surface area contributed by atoms with Gasteiger partial charge in [-0.25, -0.2) is 0 Å². The molecule has 3 atom stereocenters. The minimum Gasteiger partial charge on any atom is -0.311 e. The molecule has 0 bridgehead atoms. The quantitative estimate of drug-likeness (QED) is 0.657. The Kier molecular flexibility index (Phi) is 4.94. The SMILES string of the molecule is CCCCC(C)CC1CC1NC(C)C. The summed E-state index contributed by atoms with van der Waals surface area (Å²) in [5, 5.41) is 3.63. The molecule has 1 rings (SSSR count). The van der Waals surface area contributed by atoms with Crippen molar-refractivity contribution in [2.75, 3.05) is 0 Å². The van der Waals surface area contributed by atoms with Crippen LogP contribution < -0.4 is 5.32 Å². The fraction of sp³-hybridized carbons (Fsp3) is 1.00. The van der Waals surface area contributed by atoms with Crippen molar-refractivity contribution in [2.24, 2.45) is 11.8 Å². The number of rotatable bonds is 7. The van der Waals surface area contributed by atoms with Crippen molar-refractivity contribution in [2.45, 2.75) is 71.9 Å². The van der Waals surface area contributed by atoms with Crippen molar-refractivity contribution < 1.29 is 0 Å². The van der Waals surface area contributed by atoms with Gasteiger partial charge in [-0.2, -0.15) is 0 Å². The van der Waals surface area contributed by atoms with Gasteiger partial charge >= 0.3 is 0 Å². The van der Waals surface area contributed by atoms with Gasteiger partial charge in [0.25, 0.3) is 0 Å². The van der Waals surface area contributed by atoms with Crippen LogP contribution in [0.1, 0.15) is 59.8 Å². The zero-order valence-electron chi connectivity index (χ0n) is 10.3. The first-order valence-corrected chi connectivity index (χ1v) is 6.39. The van der Waals surface area contributed by atoms with E-state index < -0.39 is 0 Å². The van der Waals surface area contributed by atoms with Crippen molar-refractivity contribution in [3.63, 3.8) is 0 Å². The maximum Gasteiger partial charge on any atom is 0.0102 e. The molecule has 0 spiro atoms. The van der Waals surface area contributed by atoms with E-state index in [4.69, 9.17) is 0 Å². The highest BCUT2D eigenvalue weighted by molar-refractivity contribution is 4.94. The summed E-state index contributed by atoms with van der Waals surface area (Å²) in [6.07, 6.45) is 7.07. The third kappa shape index (κ3) is 4.45. The predicted octanol–water partition coefficient (Wildman–Crippen LogP) is 3.59. The molecule has 1 aliphatic carbocycles. The Bertz CT molecular complexity index is 153. The molecule has 14 heavy (non-hydrogen) atoms. The highest BCUT2D eigenvalue weighted by atomic mass is 15.0. The highest BCUT2D eigenvalue weighted by Gasteiger charge is 2.37. The molecule has 1 heteroatoms. The Hall–Kier alpha value is -0.0400. The second-order valence-electron chi connectivity index (χ2n) is 5.41. The van der Waals surface area contributed by atoms with Crippen LogP contribution in [0.25, 0.3) is 0 Å². The van der Waals surface area contributed by atoms with Crippen molar-refractivity contribution in [1.82, 2.24) is 5.32 Å². The number of nitrogens with one attached hydrogen (secondary N) is 1. The molecule has 3 unspecified atom stereocenters. The van der Waals surface area contributed by atoms with Crippen molar-refractivity contribution in [1.29, 1.82) is 0 Å². The van der Waals surface area contributed by atoms with E-state index in [-0.39, 0.29) is 0 Å². The predicted molar refractivity (Wildman–Crippen MR) is 63.5 cm³/mol. The average molecular weight is 197 g/mol. The highest BCUT2D eigenvalue weighted by Crippen LogP contribution is 2.37. The molecule has 84 valence electrons. The average Bonchev–Trinajstić information content (AvgIpc) is 2.78. The van der Waals surface area contributed by atoms with E-state index in [1.165, 1.54) is 32.1 Å². The molecule has 0 aromatic rings. The van der Waals surface area contributed by atoms with E-state index in [1.807, 2.05) is 0 Å². The molecule has 1 aliphatic rings. The molecule has 0 aliphatic heterocycles. The molecular weight excluding hydrogens is 170 g/mol. The molecule has 1 N–H and O–H groups in total. The lowest BCUT2D eigenvalue weighted by molar-refractivity contribution is 0.427. The molecule has 0 amide bonds. The Balaban J connectivity index is 2.03. The van der Waals surface area contributed by atoms with E-state index in [0.29, 0.717) is 6.04 Å². The summed E-state index contributed by atoms with van der Waals surface area (Å²) in [5.41, 5.74) is 0. The molecule has 1 fully saturated rings. The summed E-state index contributed by atoms with van der Waals surface area (Å²) in [6.45, 7) is 9.19. The van der Waals surface area contributed by atoms with Crippen LogP contribution in [0.3, 0.4) is 0 Å². The summed E-state index contributed by atoms with van der Waals surface area (Å²) >= 11 is 0. The minimum atomic E-state index is 0.663. The Morgan fingerprint density at radius 2 is 2.00 bits per heavy atom. The maximum atomic E-state index is 3.63. The van der Waals surface area contributed by atoms with Gasteiger partial charge in [0, 0.05) is 12.1 Å². The first-order valence-electron chi connectivity index (χ1n) is 6.39. The molecule has 0 aromatic heterocycles. The Labute approximate surface area is 89.7 Å². The van der Waals surface area contributed by atoms with Crippen LogP contribution in [0.4, 0.5) is 0 Å². The van der Waals surface area contributed by atoms with Gasteiger partial charge in [0.05, 0.1) is 0 Å². The zero-order chi connectivity index (χ0) is 10.6. The van der Waals surface area contributed by atoms with Gasteiger partial charge in [0.1, 0.15) is 0 Å². The van der Waals surface area contributed by atoms with Gasteiger partial charge < -0.3 is 5.32 Å². The monoisotopic (exact) mass is 197 g/mol. The first kappa shape index (κ1) is 12.0. The normalized spacial score (nSPS) is 28.1. The van der Waals surface area contributed by atoms with Crippen molar-refractivity contribution >= 4 is 0 Å². The van der Waals surface area contributed by atoms with Crippen LogP contribution in [-0.2, 0) is 0 Å². The van der Waals surface area contributed by atoms with Gasteiger partial charge in [-0.15, -0.1) is 0 Å². The van der Waals surface area contributed by atoms with Gasteiger partial charge in [0.2, 0.25) is 0 Å². The molecule has 0 radical (unpaired) electrons. The van der Waals surface area contributed by atoms with Crippen molar-refractivity contribution in [3.8, 4) is 0 Å². The second-order valence-corrected chi connectivity index (χ2v) is 5.41. The molecular formula is C13H27N. The summed E-state index contributed by atoms with van der Waals surface area (Å²) < 4.78 is 0. The van der Waals surface area contributed by atoms with Gasteiger partial charge in [-0.1, -0.05) is 47.0 Å². The van der Waals surface area contributed by atoms with Crippen LogP contribution in [-0.4, -0.2) is 12.1 Å². The molecule has 0 aromatic carbocycles. The lowest BCUT2D eigenvalue weighted by Gasteiger charge is -2.11. The lowest BCUT2D eigenvalue weighted by Crippen LogP contribution is -2.26. The van der Waals surface area contributed by atoms with Crippen LogP contribution in [0, 0.1) is 11.8 Å². The number of hydrogen-bond acceptors (Lipinski definition) is 1. The standard InChI is InChI=1S/C13H27N/c1-5-6-7-11(4)8-12-9-13(12)14-10(2)3/h10-14H,5-9H2,1-4H3. The lowest BCUT2D eigenvalue weighted by atomic mass is 9.98. The van der Waals surface area contributed by atoms with Crippen LogP contribution in [0.15, 0.2) is 0 Å². The number of unbranched alkanes of at least 4 members (excludes halogenated alkanes) is 1. The van der Waals surface area contributed by atoms with E-state index >= 15 is 0 Å². The van der Waals surface area contributed by atoms with E-state index in [0.717, 1.165) is 17.9 Å². The molecule has 0 saturated heterocycles. The minimum absolute atomic E-state index is 0.663. The summed E-state index contributed by atoms with van der Waals surface area (Å²) in [7, 11) is 0. The van der Waals surface area contributed by atoms with E-state index in [9.17, 15) is 0 Å². The van der Waals surface area contributed by atoms with E-state index in [1.54, 1.807) is 0 Å². The van der Waals surface area contributed by atoms with Gasteiger partial charge in [-0.3, -0.25) is 0 Å². The summed E-state index contributed by atoms with van der Waals surface area (Å²) in [6, 6.07) is 1.51. The van der Waals surface area contributed by atoms with Crippen LogP contribution >= 0.6 is 0 Å². The first-order chi connectivity index (χ1) is 6.63.